The molecule has 0 spiro atoms. The minimum absolute atomic E-state index is 0.216. The highest BCUT2D eigenvalue weighted by molar-refractivity contribution is 5.78. The Bertz CT molecular complexity index is 398. The number of nitrogens with zero attached hydrogens (tertiary/aromatic N) is 1. The van der Waals surface area contributed by atoms with Crippen molar-refractivity contribution in [2.24, 2.45) is 5.41 Å². The number of rotatable bonds is 17. The molecule has 27 heavy (non-hydrogen) atoms. The van der Waals surface area contributed by atoms with Gasteiger partial charge in [0.05, 0.1) is 21.1 Å². The summed E-state index contributed by atoms with van der Waals surface area (Å²) < 4.78 is 0.497. The topological polar surface area (TPSA) is 37.3 Å². The molecule has 3 nitrogen and oxygen atoms in total. The van der Waals surface area contributed by atoms with E-state index < -0.39 is 11.5 Å². The van der Waals surface area contributed by atoms with Crippen LogP contribution in [-0.2, 0) is 4.79 Å². The Morgan fingerprint density at radius 2 is 1.11 bits per heavy atom. The average molecular weight is 385 g/mol. The van der Waals surface area contributed by atoms with E-state index in [9.17, 15) is 9.90 Å². The van der Waals surface area contributed by atoms with Crippen LogP contribution in [0, 0.1) is 5.41 Å². The maximum atomic E-state index is 12.6. The Balaban J connectivity index is 4.65. The minimum atomic E-state index is -0.720. The molecule has 0 aliphatic heterocycles. The molecular formula is C24H50NO2+. The van der Waals surface area contributed by atoms with E-state index in [1.54, 1.807) is 0 Å². The van der Waals surface area contributed by atoms with Crippen molar-refractivity contribution < 1.29 is 14.4 Å². The molecule has 0 radical (unpaired) electrons. The van der Waals surface area contributed by atoms with E-state index in [2.05, 4.69) is 48.8 Å². The van der Waals surface area contributed by atoms with E-state index in [0.717, 1.165) is 38.5 Å². The molecular weight excluding hydrogens is 334 g/mol. The van der Waals surface area contributed by atoms with Crippen molar-refractivity contribution in [3.63, 3.8) is 0 Å². The van der Waals surface area contributed by atoms with Gasteiger partial charge in [0, 0.05) is 11.8 Å². The number of hydrogen-bond acceptors (Lipinski definition) is 1. The van der Waals surface area contributed by atoms with E-state index >= 15 is 0 Å². The smallest absolute Gasteiger partial charge is 0.366 e. The zero-order valence-electron chi connectivity index (χ0n) is 19.7. The van der Waals surface area contributed by atoms with Gasteiger partial charge >= 0.3 is 5.97 Å². The van der Waals surface area contributed by atoms with Crippen molar-refractivity contribution in [1.29, 1.82) is 0 Å². The first-order valence-corrected chi connectivity index (χ1v) is 11.6. The van der Waals surface area contributed by atoms with Gasteiger partial charge in [0.25, 0.3) is 0 Å². The van der Waals surface area contributed by atoms with Crippen LogP contribution in [0.15, 0.2) is 0 Å². The Hall–Kier alpha value is -0.570. The lowest BCUT2D eigenvalue weighted by Gasteiger charge is -2.52. The van der Waals surface area contributed by atoms with Gasteiger partial charge in [-0.1, -0.05) is 98.3 Å². The van der Waals surface area contributed by atoms with Gasteiger partial charge in [-0.2, -0.15) is 0 Å². The standard InChI is InChI=1S/C24H49NO2/c1-8-10-12-13-14-15-16-17-18-19-21-24(22(26)27,25(5,6)7)23(3,4)20-11-9-2/h8-21H2,1-7H3/p+1. The van der Waals surface area contributed by atoms with E-state index in [4.69, 9.17) is 0 Å². The van der Waals surface area contributed by atoms with Gasteiger partial charge in [-0.15, -0.1) is 0 Å². The van der Waals surface area contributed by atoms with Crippen molar-refractivity contribution >= 4 is 5.97 Å². The van der Waals surface area contributed by atoms with Crippen LogP contribution in [-0.4, -0.2) is 42.2 Å². The number of carbonyl (C=O) groups is 1. The molecule has 0 aliphatic rings. The second-order valence-corrected chi connectivity index (χ2v) is 10.1. The molecule has 0 aromatic heterocycles. The molecule has 0 aromatic carbocycles. The molecule has 0 amide bonds. The summed E-state index contributed by atoms with van der Waals surface area (Å²) >= 11 is 0. The lowest BCUT2D eigenvalue weighted by Crippen LogP contribution is -2.69. The van der Waals surface area contributed by atoms with Gasteiger partial charge in [-0.25, -0.2) is 4.79 Å². The first kappa shape index (κ1) is 26.4. The van der Waals surface area contributed by atoms with Crippen molar-refractivity contribution in [2.75, 3.05) is 21.1 Å². The van der Waals surface area contributed by atoms with Crippen molar-refractivity contribution in [1.82, 2.24) is 0 Å². The number of likely N-dealkylation sites (N-methyl/N-ethyl adjacent to an activating group) is 1. The number of hydrogen-bond donors (Lipinski definition) is 1. The Morgan fingerprint density at radius 1 is 0.704 bits per heavy atom. The number of carboxylic acid groups (broad SMARTS) is 1. The van der Waals surface area contributed by atoms with Crippen molar-refractivity contribution in [3.05, 3.63) is 0 Å². The maximum absolute atomic E-state index is 12.6. The molecule has 3 heteroatoms. The quantitative estimate of drug-likeness (QED) is 0.215. The number of unbranched alkanes of at least 4 members (excludes halogenated alkanes) is 10. The lowest BCUT2D eigenvalue weighted by molar-refractivity contribution is -0.923. The van der Waals surface area contributed by atoms with E-state index in [-0.39, 0.29) is 5.41 Å². The predicted octanol–water partition coefficient (Wildman–Crippen LogP) is 7.04. The largest absolute Gasteiger partial charge is 0.477 e. The van der Waals surface area contributed by atoms with Crippen LogP contribution < -0.4 is 0 Å². The second-order valence-electron chi connectivity index (χ2n) is 10.1. The third-order valence-corrected chi connectivity index (χ3v) is 6.67. The fourth-order valence-corrected chi connectivity index (χ4v) is 4.96. The zero-order chi connectivity index (χ0) is 21.0. The third-order valence-electron chi connectivity index (χ3n) is 6.67. The molecule has 0 bridgehead atoms. The van der Waals surface area contributed by atoms with Gasteiger partial charge in [0.2, 0.25) is 5.54 Å². The van der Waals surface area contributed by atoms with E-state index in [0.29, 0.717) is 4.48 Å². The van der Waals surface area contributed by atoms with Gasteiger partial charge in [0.15, 0.2) is 0 Å². The first-order valence-electron chi connectivity index (χ1n) is 11.6. The highest BCUT2D eigenvalue weighted by atomic mass is 16.4. The van der Waals surface area contributed by atoms with Crippen LogP contribution >= 0.6 is 0 Å². The summed E-state index contributed by atoms with van der Waals surface area (Å²) in [7, 11) is 6.20. The lowest BCUT2D eigenvalue weighted by atomic mass is 9.65. The van der Waals surface area contributed by atoms with Gasteiger partial charge in [-0.3, -0.25) is 0 Å². The molecule has 0 aliphatic carbocycles. The van der Waals surface area contributed by atoms with Crippen LogP contribution in [0.1, 0.15) is 118 Å². The van der Waals surface area contributed by atoms with E-state index in [1.807, 2.05) is 0 Å². The maximum Gasteiger partial charge on any atom is 0.366 e. The third kappa shape index (κ3) is 8.13. The molecule has 0 saturated carbocycles. The fraction of sp³-hybridized carbons (Fsp3) is 0.958. The Labute approximate surface area is 170 Å². The van der Waals surface area contributed by atoms with Gasteiger partial charge in [-0.05, 0) is 12.8 Å². The molecule has 0 saturated heterocycles. The predicted molar refractivity (Wildman–Crippen MR) is 118 cm³/mol. The summed E-state index contributed by atoms with van der Waals surface area (Å²) in [5.41, 5.74) is -0.936. The van der Waals surface area contributed by atoms with Crippen molar-refractivity contribution in [2.45, 2.75) is 123 Å². The Kier molecular flexibility index (Phi) is 12.5. The minimum Gasteiger partial charge on any atom is -0.477 e. The van der Waals surface area contributed by atoms with Crippen LogP contribution in [0.3, 0.4) is 0 Å². The molecule has 162 valence electrons. The SMILES string of the molecule is CCCCCCCCCCCCC(C(=O)O)(C(C)(C)CCCC)[N+](C)(C)C. The summed E-state index contributed by atoms with van der Waals surface area (Å²) in [6.45, 7) is 8.80. The first-order chi connectivity index (χ1) is 12.6. The molecule has 0 heterocycles. The molecule has 1 N–H and O–H groups in total. The summed E-state index contributed by atoms with van der Waals surface area (Å²) in [4.78, 5) is 12.6. The van der Waals surface area contributed by atoms with Gasteiger partial charge < -0.3 is 9.59 Å². The monoisotopic (exact) mass is 384 g/mol. The number of aliphatic carboxylic acids is 1. The highest BCUT2D eigenvalue weighted by Gasteiger charge is 2.60. The van der Waals surface area contributed by atoms with Crippen LogP contribution in [0.5, 0.6) is 0 Å². The van der Waals surface area contributed by atoms with Gasteiger partial charge in [0.1, 0.15) is 0 Å². The molecule has 0 fully saturated rings. The normalized spacial score (nSPS) is 14.9. The summed E-state index contributed by atoms with van der Waals surface area (Å²) in [6.07, 6.45) is 16.8. The summed E-state index contributed by atoms with van der Waals surface area (Å²) in [6, 6.07) is 0. The molecule has 1 unspecified atom stereocenters. The van der Waals surface area contributed by atoms with Crippen LogP contribution in [0.2, 0.25) is 0 Å². The number of carboxylic acids is 1. The fourth-order valence-electron chi connectivity index (χ4n) is 4.96. The average Bonchev–Trinajstić information content (AvgIpc) is 2.56. The molecule has 0 rings (SSSR count). The van der Waals surface area contributed by atoms with Crippen LogP contribution in [0.25, 0.3) is 0 Å². The molecule has 0 aromatic rings. The second kappa shape index (κ2) is 12.8. The molecule has 1 atom stereocenters. The highest BCUT2D eigenvalue weighted by Crippen LogP contribution is 2.46. The summed E-state index contributed by atoms with van der Waals surface area (Å²) in [5, 5.41) is 10.3. The number of quaternary nitrogens is 1. The van der Waals surface area contributed by atoms with Crippen LogP contribution in [0.4, 0.5) is 0 Å². The zero-order valence-corrected chi connectivity index (χ0v) is 19.7. The Morgan fingerprint density at radius 3 is 1.48 bits per heavy atom. The van der Waals surface area contributed by atoms with E-state index in [1.165, 1.54) is 51.4 Å². The summed E-state index contributed by atoms with van der Waals surface area (Å²) in [5.74, 6) is -0.618. The van der Waals surface area contributed by atoms with Crippen molar-refractivity contribution in [3.8, 4) is 0 Å².